The number of hydrogen-bond acceptors (Lipinski definition) is 4. The molecule has 0 radical (unpaired) electrons. The van der Waals surface area contributed by atoms with E-state index in [1.807, 2.05) is 37.3 Å². The van der Waals surface area contributed by atoms with Gasteiger partial charge in [-0.15, -0.1) is 0 Å². The molecule has 0 aliphatic heterocycles. The molecule has 0 aliphatic carbocycles. The van der Waals surface area contributed by atoms with Gasteiger partial charge in [-0.2, -0.15) is 0 Å². The van der Waals surface area contributed by atoms with E-state index in [-0.39, 0.29) is 0 Å². The third kappa shape index (κ3) is 6.56. The summed E-state index contributed by atoms with van der Waals surface area (Å²) in [5, 5.41) is 0.631. The van der Waals surface area contributed by atoms with Crippen LogP contribution in [0, 0.1) is 0 Å². The average Bonchev–Trinajstić information content (AvgIpc) is 2.66. The molecule has 3 rings (SSSR count). The SMILES string of the molecule is CCOc1ccc(Cl)cc1N.NC(=O)c1ccc(Oc2ccccc2)cc1. The molecule has 0 aliphatic rings. The lowest BCUT2D eigenvalue weighted by molar-refractivity contribution is 0.100. The van der Waals surface area contributed by atoms with Crippen LogP contribution in [-0.2, 0) is 0 Å². The van der Waals surface area contributed by atoms with Crippen LogP contribution in [0.25, 0.3) is 0 Å². The molecule has 5 nitrogen and oxygen atoms in total. The Hall–Kier alpha value is -3.18. The van der Waals surface area contributed by atoms with Gasteiger partial charge in [-0.1, -0.05) is 29.8 Å². The van der Waals surface area contributed by atoms with Crippen molar-refractivity contribution < 1.29 is 14.3 Å². The third-order valence-corrected chi connectivity index (χ3v) is 3.62. The number of carbonyl (C=O) groups excluding carboxylic acids is 1. The molecule has 0 bridgehead atoms. The Labute approximate surface area is 163 Å². The van der Waals surface area contributed by atoms with Crippen molar-refractivity contribution in [1.29, 1.82) is 0 Å². The van der Waals surface area contributed by atoms with Gasteiger partial charge < -0.3 is 20.9 Å². The zero-order chi connectivity index (χ0) is 19.6. The average molecular weight is 385 g/mol. The molecule has 0 fully saturated rings. The van der Waals surface area contributed by atoms with Crippen molar-refractivity contribution in [1.82, 2.24) is 0 Å². The van der Waals surface area contributed by atoms with Crippen molar-refractivity contribution in [2.75, 3.05) is 12.3 Å². The van der Waals surface area contributed by atoms with Crippen molar-refractivity contribution in [3.05, 3.63) is 83.4 Å². The number of nitrogen functional groups attached to an aromatic ring is 1. The van der Waals surface area contributed by atoms with Crippen molar-refractivity contribution in [2.24, 2.45) is 5.73 Å². The Balaban J connectivity index is 0.000000208. The first-order chi connectivity index (χ1) is 13.0. The van der Waals surface area contributed by atoms with Gasteiger partial charge in [0, 0.05) is 10.6 Å². The van der Waals surface area contributed by atoms with Crippen molar-refractivity contribution >= 4 is 23.2 Å². The molecular formula is C21H21ClN2O3. The van der Waals surface area contributed by atoms with Crippen LogP contribution in [0.2, 0.25) is 5.02 Å². The fourth-order valence-electron chi connectivity index (χ4n) is 2.12. The normalized spacial score (nSPS) is 9.70. The lowest BCUT2D eigenvalue weighted by Crippen LogP contribution is -2.10. The van der Waals surface area contributed by atoms with Gasteiger partial charge in [-0.05, 0) is 61.5 Å². The van der Waals surface area contributed by atoms with Gasteiger partial charge in [0.2, 0.25) is 5.91 Å². The molecular weight excluding hydrogens is 364 g/mol. The lowest BCUT2D eigenvalue weighted by atomic mass is 10.2. The van der Waals surface area contributed by atoms with Crippen LogP contribution in [0.3, 0.4) is 0 Å². The van der Waals surface area contributed by atoms with E-state index < -0.39 is 5.91 Å². The first-order valence-electron chi connectivity index (χ1n) is 8.30. The Morgan fingerprint density at radius 2 is 1.59 bits per heavy atom. The maximum Gasteiger partial charge on any atom is 0.248 e. The van der Waals surface area contributed by atoms with E-state index >= 15 is 0 Å². The minimum Gasteiger partial charge on any atom is -0.492 e. The molecule has 27 heavy (non-hydrogen) atoms. The molecule has 4 N–H and O–H groups in total. The van der Waals surface area contributed by atoms with Gasteiger partial charge in [0.05, 0.1) is 12.3 Å². The molecule has 0 heterocycles. The number of para-hydroxylation sites is 1. The van der Waals surface area contributed by atoms with Gasteiger partial charge in [0.25, 0.3) is 0 Å². The summed E-state index contributed by atoms with van der Waals surface area (Å²) in [5.41, 5.74) is 11.8. The smallest absolute Gasteiger partial charge is 0.248 e. The van der Waals surface area contributed by atoms with E-state index in [4.69, 9.17) is 32.5 Å². The highest BCUT2D eigenvalue weighted by molar-refractivity contribution is 6.30. The molecule has 6 heteroatoms. The topological polar surface area (TPSA) is 87.6 Å². The zero-order valence-corrected chi connectivity index (χ0v) is 15.6. The number of primary amides is 1. The van der Waals surface area contributed by atoms with E-state index in [0.29, 0.717) is 34.4 Å². The maximum absolute atomic E-state index is 10.9. The predicted octanol–water partition coefficient (Wildman–Crippen LogP) is 4.90. The summed E-state index contributed by atoms with van der Waals surface area (Å²) in [6.45, 7) is 2.53. The number of hydrogen-bond donors (Lipinski definition) is 2. The van der Waals surface area contributed by atoms with Crippen LogP contribution in [0.1, 0.15) is 17.3 Å². The molecule has 0 saturated carbocycles. The van der Waals surface area contributed by atoms with Crippen molar-refractivity contribution in [3.63, 3.8) is 0 Å². The van der Waals surface area contributed by atoms with Gasteiger partial charge in [0.15, 0.2) is 0 Å². The van der Waals surface area contributed by atoms with E-state index in [1.165, 1.54) is 0 Å². The number of ether oxygens (including phenoxy) is 2. The molecule has 0 saturated heterocycles. The number of rotatable bonds is 5. The van der Waals surface area contributed by atoms with Crippen LogP contribution < -0.4 is 20.9 Å². The summed E-state index contributed by atoms with van der Waals surface area (Å²) in [6, 6.07) is 21.3. The molecule has 0 atom stereocenters. The summed E-state index contributed by atoms with van der Waals surface area (Å²) in [5.74, 6) is 1.69. The standard InChI is InChI=1S/C13H11NO2.C8H10ClNO/c14-13(15)10-6-8-12(9-7-10)16-11-4-2-1-3-5-11;1-2-11-8-4-3-6(9)5-7(8)10/h1-9H,(H2,14,15);3-5H,2,10H2,1H3. The van der Waals surface area contributed by atoms with Crippen LogP contribution in [0.4, 0.5) is 5.69 Å². The molecule has 3 aromatic rings. The fraction of sp³-hybridized carbons (Fsp3) is 0.0952. The molecule has 140 valence electrons. The number of carbonyl (C=O) groups is 1. The number of amides is 1. The lowest BCUT2D eigenvalue weighted by Gasteiger charge is -2.05. The predicted molar refractivity (Wildman–Crippen MR) is 109 cm³/mol. The summed E-state index contributed by atoms with van der Waals surface area (Å²) in [6.07, 6.45) is 0. The largest absolute Gasteiger partial charge is 0.492 e. The second-order valence-electron chi connectivity index (χ2n) is 5.42. The third-order valence-electron chi connectivity index (χ3n) is 3.39. The highest BCUT2D eigenvalue weighted by Crippen LogP contribution is 2.24. The fourth-order valence-corrected chi connectivity index (χ4v) is 2.30. The van der Waals surface area contributed by atoms with Crippen molar-refractivity contribution in [2.45, 2.75) is 6.92 Å². The van der Waals surface area contributed by atoms with Gasteiger partial charge in [0.1, 0.15) is 17.2 Å². The molecule has 3 aromatic carbocycles. The highest BCUT2D eigenvalue weighted by Gasteiger charge is 2.01. The van der Waals surface area contributed by atoms with E-state index in [1.54, 1.807) is 42.5 Å². The van der Waals surface area contributed by atoms with Gasteiger partial charge in [-0.3, -0.25) is 4.79 Å². The Kier molecular flexibility index (Phi) is 7.52. The molecule has 0 spiro atoms. The number of halogens is 1. The highest BCUT2D eigenvalue weighted by atomic mass is 35.5. The van der Waals surface area contributed by atoms with Crippen LogP contribution in [0.5, 0.6) is 17.2 Å². The van der Waals surface area contributed by atoms with Crippen LogP contribution in [0.15, 0.2) is 72.8 Å². The summed E-state index contributed by atoms with van der Waals surface area (Å²) in [4.78, 5) is 10.9. The Bertz CT molecular complexity index is 868. The second kappa shape index (κ2) is 10.1. The zero-order valence-electron chi connectivity index (χ0n) is 14.9. The van der Waals surface area contributed by atoms with Crippen LogP contribution >= 0.6 is 11.6 Å². The number of benzene rings is 3. The Morgan fingerprint density at radius 1 is 0.963 bits per heavy atom. The van der Waals surface area contributed by atoms with Gasteiger partial charge in [-0.25, -0.2) is 0 Å². The van der Waals surface area contributed by atoms with Crippen molar-refractivity contribution in [3.8, 4) is 17.2 Å². The van der Waals surface area contributed by atoms with Gasteiger partial charge >= 0.3 is 0 Å². The maximum atomic E-state index is 10.9. The molecule has 0 aromatic heterocycles. The van der Waals surface area contributed by atoms with E-state index in [2.05, 4.69) is 0 Å². The van der Waals surface area contributed by atoms with Crippen LogP contribution in [-0.4, -0.2) is 12.5 Å². The van der Waals surface area contributed by atoms with E-state index in [0.717, 1.165) is 5.75 Å². The summed E-state index contributed by atoms with van der Waals surface area (Å²) < 4.78 is 10.8. The first kappa shape index (κ1) is 20.1. The minimum absolute atomic E-state index is 0.439. The summed E-state index contributed by atoms with van der Waals surface area (Å²) in [7, 11) is 0. The number of nitrogens with two attached hydrogens (primary N) is 2. The summed E-state index contributed by atoms with van der Waals surface area (Å²) >= 11 is 5.68. The van der Waals surface area contributed by atoms with E-state index in [9.17, 15) is 4.79 Å². The quantitative estimate of drug-likeness (QED) is 0.612. The monoisotopic (exact) mass is 384 g/mol. The number of anilines is 1. The molecule has 1 amide bonds. The minimum atomic E-state index is -0.439. The first-order valence-corrected chi connectivity index (χ1v) is 8.68. The Morgan fingerprint density at radius 3 is 2.15 bits per heavy atom. The molecule has 0 unspecified atom stereocenters. The second-order valence-corrected chi connectivity index (χ2v) is 5.86.